The molecule has 0 bridgehead atoms. The molecular weight excluding hydrogens is 222 g/mol. The highest BCUT2D eigenvalue weighted by Gasteiger charge is 2.28. The molecule has 1 heterocycles. The summed E-state index contributed by atoms with van der Waals surface area (Å²) in [6.07, 6.45) is 6.06. The Morgan fingerprint density at radius 2 is 2.00 bits per heavy atom. The standard InChI is InChI=1S/C15H19N3/c1-16-15(12-6-5-7-12)14-10-11-18(17-14)13-8-3-2-4-9-13/h2-4,8-12,15-16H,5-7H2,1H3. The lowest BCUT2D eigenvalue weighted by molar-refractivity contribution is 0.235. The predicted molar refractivity (Wildman–Crippen MR) is 72.7 cm³/mol. The second-order valence-corrected chi connectivity index (χ2v) is 4.98. The van der Waals surface area contributed by atoms with Crippen molar-refractivity contribution in [2.45, 2.75) is 25.3 Å². The lowest BCUT2D eigenvalue weighted by atomic mass is 9.78. The first-order chi connectivity index (χ1) is 8.88. The van der Waals surface area contributed by atoms with Gasteiger partial charge in [-0.3, -0.25) is 0 Å². The molecule has 18 heavy (non-hydrogen) atoms. The van der Waals surface area contributed by atoms with Crippen LogP contribution >= 0.6 is 0 Å². The van der Waals surface area contributed by atoms with Crippen LogP contribution in [0.2, 0.25) is 0 Å². The molecule has 1 aliphatic carbocycles. The van der Waals surface area contributed by atoms with Crippen molar-refractivity contribution in [1.29, 1.82) is 0 Å². The molecule has 3 nitrogen and oxygen atoms in total. The van der Waals surface area contributed by atoms with Gasteiger partial charge in [0.1, 0.15) is 0 Å². The van der Waals surface area contributed by atoms with Crippen LogP contribution in [0.4, 0.5) is 0 Å². The van der Waals surface area contributed by atoms with Gasteiger partial charge in [-0.25, -0.2) is 4.68 Å². The van der Waals surface area contributed by atoms with E-state index in [1.165, 1.54) is 19.3 Å². The van der Waals surface area contributed by atoms with E-state index in [4.69, 9.17) is 5.10 Å². The van der Waals surface area contributed by atoms with Gasteiger partial charge in [0.25, 0.3) is 0 Å². The summed E-state index contributed by atoms with van der Waals surface area (Å²) in [6.45, 7) is 0. The maximum atomic E-state index is 4.71. The van der Waals surface area contributed by atoms with Crippen LogP contribution in [0.1, 0.15) is 31.0 Å². The molecule has 1 fully saturated rings. The third kappa shape index (κ3) is 2.06. The van der Waals surface area contributed by atoms with Crippen molar-refractivity contribution in [2.24, 2.45) is 5.92 Å². The van der Waals surface area contributed by atoms with Gasteiger partial charge < -0.3 is 5.32 Å². The van der Waals surface area contributed by atoms with Crippen LogP contribution in [0.3, 0.4) is 0 Å². The SMILES string of the molecule is CNC(c1ccn(-c2ccccc2)n1)C1CCC1. The summed E-state index contributed by atoms with van der Waals surface area (Å²) in [5.74, 6) is 0.758. The zero-order valence-corrected chi connectivity index (χ0v) is 10.7. The maximum absolute atomic E-state index is 4.71. The van der Waals surface area contributed by atoms with E-state index >= 15 is 0 Å². The summed E-state index contributed by atoms with van der Waals surface area (Å²) in [7, 11) is 2.03. The van der Waals surface area contributed by atoms with Gasteiger partial charge >= 0.3 is 0 Å². The fraction of sp³-hybridized carbons (Fsp3) is 0.400. The number of rotatable bonds is 4. The molecule has 1 aromatic carbocycles. The van der Waals surface area contributed by atoms with E-state index in [0.717, 1.165) is 17.3 Å². The molecule has 1 atom stereocenters. The summed E-state index contributed by atoms with van der Waals surface area (Å²) >= 11 is 0. The molecule has 0 radical (unpaired) electrons. The molecule has 0 saturated heterocycles. The van der Waals surface area contributed by atoms with E-state index in [-0.39, 0.29) is 0 Å². The molecule has 0 spiro atoms. The lowest BCUT2D eigenvalue weighted by Gasteiger charge is -2.32. The Balaban J connectivity index is 1.84. The Labute approximate surface area is 108 Å². The fourth-order valence-electron chi connectivity index (χ4n) is 2.63. The van der Waals surface area contributed by atoms with E-state index in [1.807, 2.05) is 36.1 Å². The second kappa shape index (κ2) is 4.94. The van der Waals surface area contributed by atoms with Crippen molar-refractivity contribution in [3.63, 3.8) is 0 Å². The van der Waals surface area contributed by atoms with Gasteiger partial charge in [0.15, 0.2) is 0 Å². The maximum Gasteiger partial charge on any atom is 0.0801 e. The summed E-state index contributed by atoms with van der Waals surface area (Å²) < 4.78 is 1.96. The zero-order chi connectivity index (χ0) is 12.4. The van der Waals surface area contributed by atoms with Gasteiger partial charge in [-0.05, 0) is 44.0 Å². The Hall–Kier alpha value is -1.61. The number of para-hydroxylation sites is 1. The van der Waals surface area contributed by atoms with Gasteiger partial charge in [-0.2, -0.15) is 5.10 Å². The van der Waals surface area contributed by atoms with Gasteiger partial charge in [0.05, 0.1) is 17.4 Å². The average molecular weight is 241 g/mol. The van der Waals surface area contributed by atoms with Crippen LogP contribution < -0.4 is 5.32 Å². The van der Waals surface area contributed by atoms with E-state index < -0.39 is 0 Å². The number of hydrogen-bond acceptors (Lipinski definition) is 2. The number of benzene rings is 1. The molecule has 2 aromatic rings. The molecular formula is C15H19N3. The second-order valence-electron chi connectivity index (χ2n) is 4.98. The van der Waals surface area contributed by atoms with Crippen molar-refractivity contribution in [2.75, 3.05) is 7.05 Å². The number of nitrogens with one attached hydrogen (secondary N) is 1. The Kier molecular flexibility index (Phi) is 3.15. The topological polar surface area (TPSA) is 29.9 Å². The molecule has 3 heteroatoms. The summed E-state index contributed by atoms with van der Waals surface area (Å²) in [6, 6.07) is 12.8. The highest BCUT2D eigenvalue weighted by Crippen LogP contribution is 2.36. The summed E-state index contributed by atoms with van der Waals surface area (Å²) in [5.41, 5.74) is 2.28. The fourth-order valence-corrected chi connectivity index (χ4v) is 2.63. The van der Waals surface area contributed by atoms with Gasteiger partial charge in [0, 0.05) is 6.20 Å². The van der Waals surface area contributed by atoms with Crippen molar-refractivity contribution in [3.05, 3.63) is 48.3 Å². The first kappa shape index (κ1) is 11.5. The van der Waals surface area contributed by atoms with Gasteiger partial charge in [-0.15, -0.1) is 0 Å². The van der Waals surface area contributed by atoms with Crippen LogP contribution in [0, 0.1) is 5.92 Å². The molecule has 0 amide bonds. The quantitative estimate of drug-likeness (QED) is 0.892. The first-order valence-corrected chi connectivity index (χ1v) is 6.67. The molecule has 0 aliphatic heterocycles. The van der Waals surface area contributed by atoms with E-state index in [2.05, 4.69) is 23.5 Å². The smallest absolute Gasteiger partial charge is 0.0801 e. The molecule has 3 rings (SSSR count). The highest BCUT2D eigenvalue weighted by molar-refractivity contribution is 5.30. The Bertz CT molecular complexity index is 499. The molecule has 1 saturated carbocycles. The van der Waals surface area contributed by atoms with Crippen LogP contribution in [0.15, 0.2) is 42.6 Å². The van der Waals surface area contributed by atoms with Gasteiger partial charge in [-0.1, -0.05) is 24.6 Å². The van der Waals surface area contributed by atoms with E-state index in [1.54, 1.807) is 0 Å². The Morgan fingerprint density at radius 3 is 2.61 bits per heavy atom. The molecule has 1 N–H and O–H groups in total. The largest absolute Gasteiger partial charge is 0.311 e. The minimum Gasteiger partial charge on any atom is -0.311 e. The summed E-state index contributed by atoms with van der Waals surface area (Å²) in [5, 5.41) is 8.12. The Morgan fingerprint density at radius 1 is 1.22 bits per heavy atom. The number of aromatic nitrogens is 2. The van der Waals surface area contributed by atoms with Crippen molar-refractivity contribution in [3.8, 4) is 5.69 Å². The zero-order valence-electron chi connectivity index (χ0n) is 10.7. The highest BCUT2D eigenvalue weighted by atomic mass is 15.3. The van der Waals surface area contributed by atoms with Crippen LogP contribution in [-0.4, -0.2) is 16.8 Å². The van der Waals surface area contributed by atoms with Crippen molar-refractivity contribution in [1.82, 2.24) is 15.1 Å². The monoisotopic (exact) mass is 241 g/mol. The van der Waals surface area contributed by atoms with Crippen molar-refractivity contribution < 1.29 is 0 Å². The van der Waals surface area contributed by atoms with Crippen molar-refractivity contribution >= 4 is 0 Å². The summed E-state index contributed by atoms with van der Waals surface area (Å²) in [4.78, 5) is 0. The normalized spacial score (nSPS) is 17.4. The minimum atomic E-state index is 0.406. The van der Waals surface area contributed by atoms with Crippen LogP contribution in [0.25, 0.3) is 5.69 Å². The molecule has 1 aromatic heterocycles. The number of nitrogens with zero attached hydrogens (tertiary/aromatic N) is 2. The van der Waals surface area contributed by atoms with Crippen LogP contribution in [0.5, 0.6) is 0 Å². The molecule has 1 unspecified atom stereocenters. The first-order valence-electron chi connectivity index (χ1n) is 6.67. The van der Waals surface area contributed by atoms with Gasteiger partial charge in [0.2, 0.25) is 0 Å². The average Bonchev–Trinajstić information content (AvgIpc) is 2.84. The minimum absolute atomic E-state index is 0.406. The predicted octanol–water partition coefficient (Wildman–Crippen LogP) is 2.93. The van der Waals surface area contributed by atoms with Crippen LogP contribution in [-0.2, 0) is 0 Å². The third-order valence-corrected chi connectivity index (χ3v) is 3.88. The molecule has 94 valence electrons. The lowest BCUT2D eigenvalue weighted by Crippen LogP contribution is -2.30. The van der Waals surface area contributed by atoms with E-state index in [0.29, 0.717) is 6.04 Å². The third-order valence-electron chi connectivity index (χ3n) is 3.88. The number of hydrogen-bond donors (Lipinski definition) is 1. The van der Waals surface area contributed by atoms with E-state index in [9.17, 15) is 0 Å². The molecule has 1 aliphatic rings.